The van der Waals surface area contributed by atoms with Crippen molar-refractivity contribution >= 4 is 17.3 Å². The molecule has 2 nitrogen and oxygen atoms in total. The van der Waals surface area contributed by atoms with E-state index in [9.17, 15) is 0 Å². The molecule has 0 aliphatic heterocycles. The monoisotopic (exact) mass is 248 g/mol. The Hall–Kier alpha value is -1.20. The Morgan fingerprint density at radius 1 is 1.47 bits per heavy atom. The minimum atomic E-state index is 0.525. The zero-order valence-corrected chi connectivity index (χ0v) is 10.8. The van der Waals surface area contributed by atoms with Gasteiger partial charge in [-0.3, -0.25) is 0 Å². The Kier molecular flexibility index (Phi) is 3.91. The second kappa shape index (κ2) is 5.42. The predicted molar refractivity (Wildman–Crippen MR) is 71.2 cm³/mol. The van der Waals surface area contributed by atoms with E-state index in [-0.39, 0.29) is 0 Å². The summed E-state index contributed by atoms with van der Waals surface area (Å²) in [4.78, 5) is 0. The predicted octanol–water partition coefficient (Wildman–Crippen LogP) is 4.06. The van der Waals surface area contributed by atoms with E-state index in [1.165, 1.54) is 19.3 Å². The topological polar surface area (TPSA) is 35.8 Å². The first-order chi connectivity index (χ1) is 8.22. The summed E-state index contributed by atoms with van der Waals surface area (Å²) in [7, 11) is 0. The summed E-state index contributed by atoms with van der Waals surface area (Å²) in [5.41, 5.74) is 1.42. The minimum Gasteiger partial charge on any atom is -0.384 e. The van der Waals surface area contributed by atoms with Crippen molar-refractivity contribution in [2.75, 3.05) is 11.9 Å². The third kappa shape index (κ3) is 2.73. The molecule has 17 heavy (non-hydrogen) atoms. The van der Waals surface area contributed by atoms with Crippen LogP contribution in [-0.4, -0.2) is 6.54 Å². The van der Waals surface area contributed by atoms with Crippen molar-refractivity contribution in [3.8, 4) is 6.07 Å². The summed E-state index contributed by atoms with van der Waals surface area (Å²) in [6.07, 6.45) is 3.94. The standard InChI is InChI=1S/C14H17ClN2/c1-10-4-2-5-11(10)9-17-14-7-3-6-13(15)12(14)8-16/h3,6-7,10-11,17H,2,4-5,9H2,1H3. The Balaban J connectivity index is 2.04. The number of anilines is 1. The fraction of sp³-hybridized carbons (Fsp3) is 0.500. The molecular weight excluding hydrogens is 232 g/mol. The highest BCUT2D eigenvalue weighted by molar-refractivity contribution is 6.32. The molecule has 90 valence electrons. The van der Waals surface area contributed by atoms with Crippen LogP contribution in [0.2, 0.25) is 5.02 Å². The smallest absolute Gasteiger partial charge is 0.103 e. The van der Waals surface area contributed by atoms with Gasteiger partial charge >= 0.3 is 0 Å². The molecule has 2 unspecified atom stereocenters. The van der Waals surface area contributed by atoms with Crippen molar-refractivity contribution in [3.63, 3.8) is 0 Å². The summed E-state index contributed by atoms with van der Waals surface area (Å²) in [5.74, 6) is 1.51. The van der Waals surface area contributed by atoms with E-state index in [1.54, 1.807) is 6.07 Å². The molecule has 1 aliphatic carbocycles. The van der Waals surface area contributed by atoms with Crippen molar-refractivity contribution in [2.45, 2.75) is 26.2 Å². The zero-order chi connectivity index (χ0) is 12.3. The fourth-order valence-corrected chi connectivity index (χ4v) is 2.77. The number of halogens is 1. The van der Waals surface area contributed by atoms with Crippen LogP contribution in [0.1, 0.15) is 31.7 Å². The third-order valence-corrected chi connectivity index (χ3v) is 4.03. The number of hydrogen-bond donors (Lipinski definition) is 1. The number of nitrogens with one attached hydrogen (secondary N) is 1. The molecule has 1 fully saturated rings. The SMILES string of the molecule is CC1CCCC1CNc1cccc(Cl)c1C#N. The summed E-state index contributed by atoms with van der Waals surface area (Å²) >= 11 is 5.99. The van der Waals surface area contributed by atoms with Crippen LogP contribution in [0.3, 0.4) is 0 Å². The summed E-state index contributed by atoms with van der Waals surface area (Å²) < 4.78 is 0. The molecule has 0 spiro atoms. The maximum atomic E-state index is 9.07. The van der Waals surface area contributed by atoms with E-state index >= 15 is 0 Å². The van der Waals surface area contributed by atoms with E-state index in [2.05, 4.69) is 18.3 Å². The van der Waals surface area contributed by atoms with Gasteiger partial charge in [-0.25, -0.2) is 0 Å². The lowest BCUT2D eigenvalue weighted by atomic mass is 9.98. The van der Waals surface area contributed by atoms with Crippen LogP contribution in [0.25, 0.3) is 0 Å². The molecule has 2 atom stereocenters. The fourth-order valence-electron chi connectivity index (χ4n) is 2.55. The van der Waals surface area contributed by atoms with Crippen LogP contribution in [0.4, 0.5) is 5.69 Å². The molecule has 3 heteroatoms. The quantitative estimate of drug-likeness (QED) is 0.876. The van der Waals surface area contributed by atoms with E-state index in [4.69, 9.17) is 16.9 Å². The first kappa shape index (κ1) is 12.3. The van der Waals surface area contributed by atoms with Crippen LogP contribution < -0.4 is 5.32 Å². The van der Waals surface area contributed by atoms with E-state index in [0.717, 1.165) is 24.1 Å². The number of nitrogens with zero attached hydrogens (tertiary/aromatic N) is 1. The Morgan fingerprint density at radius 3 is 2.94 bits per heavy atom. The average molecular weight is 249 g/mol. The molecular formula is C14H17ClN2. The zero-order valence-electron chi connectivity index (χ0n) is 10.0. The molecule has 1 aromatic carbocycles. The second-order valence-corrected chi connectivity index (χ2v) is 5.23. The van der Waals surface area contributed by atoms with Gasteiger partial charge in [0, 0.05) is 6.54 Å². The highest BCUT2D eigenvalue weighted by Gasteiger charge is 2.23. The highest BCUT2D eigenvalue weighted by atomic mass is 35.5. The molecule has 1 aliphatic rings. The second-order valence-electron chi connectivity index (χ2n) is 4.82. The first-order valence-corrected chi connectivity index (χ1v) is 6.52. The molecule has 2 rings (SSSR count). The van der Waals surface area contributed by atoms with Crippen LogP contribution in [0.5, 0.6) is 0 Å². The lowest BCUT2D eigenvalue weighted by Gasteiger charge is -2.17. The number of nitriles is 1. The van der Waals surface area contributed by atoms with E-state index < -0.39 is 0 Å². The molecule has 0 saturated heterocycles. The molecule has 0 aromatic heterocycles. The van der Waals surface area contributed by atoms with Crippen molar-refractivity contribution in [1.29, 1.82) is 5.26 Å². The van der Waals surface area contributed by atoms with Crippen molar-refractivity contribution in [1.82, 2.24) is 0 Å². The van der Waals surface area contributed by atoms with E-state index in [1.807, 2.05) is 12.1 Å². The van der Waals surface area contributed by atoms with Gasteiger partial charge in [-0.05, 0) is 30.4 Å². The molecule has 0 radical (unpaired) electrons. The van der Waals surface area contributed by atoms with Gasteiger partial charge in [-0.15, -0.1) is 0 Å². The first-order valence-electron chi connectivity index (χ1n) is 6.15. The van der Waals surface area contributed by atoms with Gasteiger partial charge in [0.25, 0.3) is 0 Å². The Morgan fingerprint density at radius 2 is 2.29 bits per heavy atom. The third-order valence-electron chi connectivity index (χ3n) is 3.72. The molecule has 0 amide bonds. The Bertz CT molecular complexity index is 436. The lowest BCUT2D eigenvalue weighted by Crippen LogP contribution is -2.16. The van der Waals surface area contributed by atoms with Gasteiger partial charge in [-0.2, -0.15) is 5.26 Å². The van der Waals surface area contributed by atoms with Gasteiger partial charge < -0.3 is 5.32 Å². The molecule has 0 heterocycles. The van der Waals surface area contributed by atoms with Gasteiger partial charge in [0.1, 0.15) is 6.07 Å². The average Bonchev–Trinajstić information content (AvgIpc) is 2.72. The van der Waals surface area contributed by atoms with Crippen LogP contribution >= 0.6 is 11.6 Å². The lowest BCUT2D eigenvalue weighted by molar-refractivity contribution is 0.439. The highest BCUT2D eigenvalue weighted by Crippen LogP contribution is 2.32. The summed E-state index contributed by atoms with van der Waals surface area (Å²) in [5, 5.41) is 13.0. The van der Waals surface area contributed by atoms with Crippen LogP contribution in [0, 0.1) is 23.2 Å². The van der Waals surface area contributed by atoms with E-state index in [0.29, 0.717) is 10.6 Å². The summed E-state index contributed by atoms with van der Waals surface area (Å²) in [6.45, 7) is 3.25. The van der Waals surface area contributed by atoms with Crippen LogP contribution in [0.15, 0.2) is 18.2 Å². The number of benzene rings is 1. The van der Waals surface area contributed by atoms with Crippen molar-refractivity contribution in [3.05, 3.63) is 28.8 Å². The van der Waals surface area contributed by atoms with Gasteiger partial charge in [-0.1, -0.05) is 37.4 Å². The van der Waals surface area contributed by atoms with Gasteiger partial charge in [0.05, 0.1) is 16.3 Å². The molecule has 1 saturated carbocycles. The number of hydrogen-bond acceptors (Lipinski definition) is 2. The number of rotatable bonds is 3. The maximum absolute atomic E-state index is 9.07. The molecule has 1 aromatic rings. The minimum absolute atomic E-state index is 0.525. The van der Waals surface area contributed by atoms with Crippen molar-refractivity contribution < 1.29 is 0 Å². The summed E-state index contributed by atoms with van der Waals surface area (Å²) in [6, 6.07) is 7.71. The van der Waals surface area contributed by atoms with Gasteiger partial charge in [0.15, 0.2) is 0 Å². The maximum Gasteiger partial charge on any atom is 0.103 e. The van der Waals surface area contributed by atoms with Gasteiger partial charge in [0.2, 0.25) is 0 Å². The Labute approximate surface area is 108 Å². The largest absolute Gasteiger partial charge is 0.384 e. The van der Waals surface area contributed by atoms with Crippen molar-refractivity contribution in [2.24, 2.45) is 11.8 Å². The normalized spacial score (nSPS) is 23.4. The molecule has 0 bridgehead atoms. The molecule has 1 N–H and O–H groups in total. The van der Waals surface area contributed by atoms with Crippen LogP contribution in [-0.2, 0) is 0 Å².